The quantitative estimate of drug-likeness (QED) is 0.413. The molecule has 0 saturated carbocycles. The average molecular weight is 202 g/mol. The van der Waals surface area contributed by atoms with Crippen molar-refractivity contribution in [2.45, 2.75) is 13.3 Å². The van der Waals surface area contributed by atoms with Crippen LogP contribution in [0.25, 0.3) is 0 Å². The van der Waals surface area contributed by atoms with Crippen molar-refractivity contribution in [2.24, 2.45) is 0 Å². The second-order valence-corrected chi connectivity index (χ2v) is 1.25. The van der Waals surface area contributed by atoms with E-state index in [0.717, 1.165) is 0 Å². The summed E-state index contributed by atoms with van der Waals surface area (Å²) in [6.45, 7) is 1.20. The maximum absolute atomic E-state index is 9.83. The van der Waals surface area contributed by atoms with Gasteiger partial charge in [-0.3, -0.25) is 4.79 Å². The minimum atomic E-state index is -1.31. The number of carbonyl (C=O) groups excluding carboxylic acids is 2. The first-order chi connectivity index (χ1) is 3.13. The van der Waals surface area contributed by atoms with Gasteiger partial charge in [0.25, 0.3) is 0 Å². The Morgan fingerprint density at radius 1 is 1.50 bits per heavy atom. The van der Waals surface area contributed by atoms with Gasteiger partial charge in [-0.1, -0.05) is 0 Å². The number of aliphatic carboxylic acids is 1. The van der Waals surface area contributed by atoms with E-state index in [0.29, 0.717) is 0 Å². The molecular weight excluding hydrogens is 197 g/mol. The van der Waals surface area contributed by atoms with E-state index < -0.39 is 12.4 Å². The standard InChI is InChI=1S/C4H6O3.Ru/c1-3(5)2-4(6)7;/h2H2,1H3,(H,6,7);/q;+3/p-1. The van der Waals surface area contributed by atoms with E-state index in [-0.39, 0.29) is 25.3 Å². The summed E-state index contributed by atoms with van der Waals surface area (Å²) in [7, 11) is 0. The molecular formula is C4H5O3Ru+2. The number of carboxylic acid groups (broad SMARTS) is 1. The third kappa shape index (κ3) is 9.23. The molecule has 0 aliphatic heterocycles. The maximum atomic E-state index is 9.83. The van der Waals surface area contributed by atoms with Gasteiger partial charge in [0.2, 0.25) is 0 Å². The van der Waals surface area contributed by atoms with Crippen molar-refractivity contribution in [2.75, 3.05) is 0 Å². The van der Waals surface area contributed by atoms with Gasteiger partial charge >= 0.3 is 19.5 Å². The van der Waals surface area contributed by atoms with Gasteiger partial charge in [-0.15, -0.1) is 0 Å². The Bertz CT molecular complexity index is 87.5. The van der Waals surface area contributed by atoms with Crippen LogP contribution in [0.15, 0.2) is 0 Å². The molecule has 0 aromatic carbocycles. The van der Waals surface area contributed by atoms with Crippen molar-refractivity contribution in [3.63, 3.8) is 0 Å². The summed E-state index contributed by atoms with van der Waals surface area (Å²) in [5, 5.41) is 9.48. The summed E-state index contributed by atoms with van der Waals surface area (Å²) < 4.78 is 0. The van der Waals surface area contributed by atoms with Crippen molar-refractivity contribution in [3.05, 3.63) is 0 Å². The van der Waals surface area contributed by atoms with Gasteiger partial charge in [0, 0.05) is 12.4 Å². The summed E-state index contributed by atoms with van der Waals surface area (Å²) in [6.07, 6.45) is -0.472. The van der Waals surface area contributed by atoms with Crippen molar-refractivity contribution >= 4 is 11.8 Å². The van der Waals surface area contributed by atoms with Gasteiger partial charge in [-0.2, -0.15) is 0 Å². The Kier molecular flexibility index (Phi) is 6.56. The number of hydrogen-bond acceptors (Lipinski definition) is 3. The summed E-state index contributed by atoms with van der Waals surface area (Å²) >= 11 is 0. The minimum Gasteiger partial charge on any atom is -0.550 e. The maximum Gasteiger partial charge on any atom is 3.00 e. The van der Waals surface area contributed by atoms with Crippen molar-refractivity contribution in [3.8, 4) is 0 Å². The molecule has 4 heteroatoms. The summed E-state index contributed by atoms with van der Waals surface area (Å²) in [4.78, 5) is 19.3. The summed E-state index contributed by atoms with van der Waals surface area (Å²) in [6, 6.07) is 0. The van der Waals surface area contributed by atoms with Crippen molar-refractivity contribution in [1.29, 1.82) is 0 Å². The molecule has 3 nitrogen and oxygen atoms in total. The normalized spacial score (nSPS) is 7.12. The number of carboxylic acids is 1. The molecule has 0 fully saturated rings. The Balaban J connectivity index is 0. The number of rotatable bonds is 2. The third-order valence-electron chi connectivity index (χ3n) is 0.393. The first-order valence-electron chi connectivity index (χ1n) is 1.82. The van der Waals surface area contributed by atoms with E-state index >= 15 is 0 Å². The fourth-order valence-corrected chi connectivity index (χ4v) is 0.203. The molecule has 0 atom stereocenters. The first-order valence-corrected chi connectivity index (χ1v) is 1.82. The van der Waals surface area contributed by atoms with Gasteiger partial charge in [0.15, 0.2) is 0 Å². The van der Waals surface area contributed by atoms with Crippen LogP contribution in [0.1, 0.15) is 13.3 Å². The van der Waals surface area contributed by atoms with Crippen molar-refractivity contribution < 1.29 is 34.2 Å². The molecule has 8 heavy (non-hydrogen) atoms. The molecule has 0 aromatic heterocycles. The zero-order valence-corrected chi connectivity index (χ0v) is 6.02. The van der Waals surface area contributed by atoms with Gasteiger partial charge in [0.05, 0.1) is 0 Å². The molecule has 0 spiro atoms. The van der Waals surface area contributed by atoms with E-state index in [9.17, 15) is 14.7 Å². The molecule has 0 aliphatic rings. The summed E-state index contributed by atoms with van der Waals surface area (Å²) in [5.74, 6) is -1.69. The van der Waals surface area contributed by atoms with Gasteiger partial charge in [-0.05, 0) is 6.92 Å². The van der Waals surface area contributed by atoms with E-state index in [4.69, 9.17) is 0 Å². The van der Waals surface area contributed by atoms with Crippen LogP contribution in [0.5, 0.6) is 0 Å². The molecule has 0 rings (SSSR count). The molecule has 0 bridgehead atoms. The van der Waals surface area contributed by atoms with Gasteiger partial charge in [-0.25, -0.2) is 0 Å². The monoisotopic (exact) mass is 203 g/mol. The molecule has 0 heterocycles. The largest absolute Gasteiger partial charge is 3.00 e. The van der Waals surface area contributed by atoms with Crippen LogP contribution in [-0.2, 0) is 29.1 Å². The van der Waals surface area contributed by atoms with Crippen LogP contribution in [0.2, 0.25) is 0 Å². The molecule has 0 amide bonds. The molecule has 0 unspecified atom stereocenters. The van der Waals surface area contributed by atoms with Crippen LogP contribution in [-0.4, -0.2) is 11.8 Å². The number of hydrogen-bond donors (Lipinski definition) is 0. The van der Waals surface area contributed by atoms with Crippen LogP contribution in [0.4, 0.5) is 0 Å². The fourth-order valence-electron chi connectivity index (χ4n) is 0.203. The van der Waals surface area contributed by atoms with Crippen LogP contribution in [0, 0.1) is 0 Å². The number of Topliss-reactive ketones (excluding diaryl/α,β-unsaturated/α-hetero) is 1. The van der Waals surface area contributed by atoms with E-state index in [1.165, 1.54) is 6.92 Å². The topological polar surface area (TPSA) is 57.2 Å². The average Bonchev–Trinajstić information content (AvgIpc) is 1.27. The molecule has 45 valence electrons. The molecule has 1 radical (unpaired) electrons. The Morgan fingerprint density at radius 3 is 1.88 bits per heavy atom. The second-order valence-electron chi connectivity index (χ2n) is 1.25. The summed E-state index contributed by atoms with van der Waals surface area (Å²) in [5.41, 5.74) is 0. The van der Waals surface area contributed by atoms with Crippen molar-refractivity contribution in [1.82, 2.24) is 0 Å². The van der Waals surface area contributed by atoms with Crippen LogP contribution >= 0.6 is 0 Å². The number of carbonyl (C=O) groups is 2. The van der Waals surface area contributed by atoms with Crippen LogP contribution < -0.4 is 5.11 Å². The zero-order chi connectivity index (χ0) is 5.86. The zero-order valence-electron chi connectivity index (χ0n) is 4.29. The van der Waals surface area contributed by atoms with E-state index in [1.54, 1.807) is 0 Å². The first kappa shape index (κ1) is 10.7. The molecule has 0 aromatic rings. The number of ketones is 1. The smallest absolute Gasteiger partial charge is 0.550 e. The van der Waals surface area contributed by atoms with Gasteiger partial charge < -0.3 is 9.90 Å². The molecule has 0 N–H and O–H groups in total. The van der Waals surface area contributed by atoms with E-state index in [1.807, 2.05) is 0 Å². The predicted octanol–water partition coefficient (Wildman–Crippen LogP) is -1.29. The van der Waals surface area contributed by atoms with Gasteiger partial charge in [0.1, 0.15) is 5.78 Å². The van der Waals surface area contributed by atoms with E-state index in [2.05, 4.69) is 0 Å². The second kappa shape index (κ2) is 4.91. The Morgan fingerprint density at radius 2 is 1.88 bits per heavy atom. The molecule has 0 aliphatic carbocycles. The predicted molar refractivity (Wildman–Crippen MR) is 20.3 cm³/mol. The Labute approximate surface area is 59.8 Å². The fraction of sp³-hybridized carbons (Fsp3) is 0.500. The minimum absolute atomic E-state index is 0. The third-order valence-corrected chi connectivity index (χ3v) is 0.393. The SMILES string of the molecule is CC(=O)CC(=O)[O-].[Ru+3]. The Hall–Kier alpha value is -0.237. The van der Waals surface area contributed by atoms with Crippen LogP contribution in [0.3, 0.4) is 0 Å². The molecule has 0 saturated heterocycles.